The molecule has 1 unspecified atom stereocenters. The molecule has 0 spiro atoms. The molecule has 0 bridgehead atoms. The van der Waals surface area contributed by atoms with Crippen molar-refractivity contribution in [2.75, 3.05) is 26.8 Å². The smallest absolute Gasteiger partial charge is 0.257 e. The lowest BCUT2D eigenvalue weighted by atomic mass is 10.1. The second-order valence-corrected chi connectivity index (χ2v) is 4.29. The van der Waals surface area contributed by atoms with Gasteiger partial charge in [-0.25, -0.2) is 0 Å². The molecule has 4 nitrogen and oxygen atoms in total. The van der Waals surface area contributed by atoms with Crippen molar-refractivity contribution in [1.82, 2.24) is 4.90 Å². The Hall–Kier alpha value is -1.55. The van der Waals surface area contributed by atoms with Crippen LogP contribution >= 0.6 is 0 Å². The molecule has 92 valence electrons. The van der Waals surface area contributed by atoms with E-state index in [1.807, 2.05) is 12.1 Å². The number of amides is 1. The van der Waals surface area contributed by atoms with Gasteiger partial charge in [0.1, 0.15) is 5.75 Å². The van der Waals surface area contributed by atoms with Gasteiger partial charge >= 0.3 is 0 Å². The molecule has 1 aliphatic rings. The van der Waals surface area contributed by atoms with Crippen molar-refractivity contribution < 1.29 is 14.6 Å². The molecule has 4 heteroatoms. The summed E-state index contributed by atoms with van der Waals surface area (Å²) in [6.45, 7) is 1.49. The Kier molecular flexibility index (Phi) is 3.64. The van der Waals surface area contributed by atoms with E-state index in [0.29, 0.717) is 24.4 Å². The van der Waals surface area contributed by atoms with Gasteiger partial charge in [0, 0.05) is 25.6 Å². The first kappa shape index (κ1) is 11.9. The summed E-state index contributed by atoms with van der Waals surface area (Å²) in [5.41, 5.74) is 0.591. The number of para-hydroxylation sites is 1. The van der Waals surface area contributed by atoms with Crippen molar-refractivity contribution in [3.8, 4) is 5.75 Å². The van der Waals surface area contributed by atoms with E-state index in [1.54, 1.807) is 24.1 Å². The fraction of sp³-hybridized carbons (Fsp3) is 0.462. The van der Waals surface area contributed by atoms with Crippen molar-refractivity contribution in [2.24, 2.45) is 5.92 Å². The van der Waals surface area contributed by atoms with Crippen molar-refractivity contribution in [1.29, 1.82) is 0 Å². The first-order chi connectivity index (χ1) is 8.26. The highest BCUT2D eigenvalue weighted by atomic mass is 16.5. The standard InChI is InChI=1S/C13H17NO3/c1-17-12-5-3-2-4-11(12)13(16)14-7-6-10(8-14)9-15/h2-5,10,15H,6-9H2,1H3. The number of aliphatic hydroxyl groups is 1. The minimum absolute atomic E-state index is 0.0154. The number of benzene rings is 1. The van der Waals surface area contributed by atoms with Gasteiger partial charge in [-0.05, 0) is 18.6 Å². The fourth-order valence-corrected chi connectivity index (χ4v) is 2.16. The molecule has 2 rings (SSSR count). The van der Waals surface area contributed by atoms with Crippen LogP contribution in [0, 0.1) is 5.92 Å². The second-order valence-electron chi connectivity index (χ2n) is 4.29. The number of hydrogen-bond acceptors (Lipinski definition) is 3. The highest BCUT2D eigenvalue weighted by Gasteiger charge is 2.27. The molecule has 1 saturated heterocycles. The molecule has 1 fully saturated rings. The minimum Gasteiger partial charge on any atom is -0.496 e. The summed E-state index contributed by atoms with van der Waals surface area (Å²) in [5, 5.41) is 9.07. The number of likely N-dealkylation sites (tertiary alicyclic amines) is 1. The average Bonchev–Trinajstić information content (AvgIpc) is 2.86. The van der Waals surface area contributed by atoms with Crippen LogP contribution in [0.1, 0.15) is 16.8 Å². The van der Waals surface area contributed by atoms with Crippen LogP contribution in [0.25, 0.3) is 0 Å². The molecule has 0 aromatic heterocycles. The molecule has 1 heterocycles. The number of methoxy groups -OCH3 is 1. The topological polar surface area (TPSA) is 49.8 Å². The zero-order chi connectivity index (χ0) is 12.3. The SMILES string of the molecule is COc1ccccc1C(=O)N1CCC(CO)C1. The third-order valence-electron chi connectivity index (χ3n) is 3.17. The average molecular weight is 235 g/mol. The van der Waals surface area contributed by atoms with Gasteiger partial charge in [-0.2, -0.15) is 0 Å². The van der Waals surface area contributed by atoms with Crippen LogP contribution in [0.5, 0.6) is 5.75 Å². The number of rotatable bonds is 3. The Balaban J connectivity index is 2.15. The molecular formula is C13H17NO3. The summed E-state index contributed by atoms with van der Waals surface area (Å²) in [5.74, 6) is 0.803. The Morgan fingerprint density at radius 1 is 1.53 bits per heavy atom. The summed E-state index contributed by atoms with van der Waals surface area (Å²) in [4.78, 5) is 14.0. The van der Waals surface area contributed by atoms with Crippen LogP contribution in [0.4, 0.5) is 0 Å². The summed E-state index contributed by atoms with van der Waals surface area (Å²) in [7, 11) is 1.56. The highest BCUT2D eigenvalue weighted by Crippen LogP contribution is 2.23. The van der Waals surface area contributed by atoms with Gasteiger partial charge < -0.3 is 14.7 Å². The number of nitrogens with zero attached hydrogens (tertiary/aromatic N) is 1. The Bertz CT molecular complexity index is 405. The van der Waals surface area contributed by atoms with Crippen LogP contribution in [-0.4, -0.2) is 42.7 Å². The van der Waals surface area contributed by atoms with E-state index in [2.05, 4.69) is 0 Å². The van der Waals surface area contributed by atoms with E-state index in [9.17, 15) is 4.79 Å². The molecular weight excluding hydrogens is 218 g/mol. The first-order valence-electron chi connectivity index (χ1n) is 5.79. The number of carbonyl (C=O) groups excluding carboxylic acids is 1. The Morgan fingerprint density at radius 3 is 2.94 bits per heavy atom. The molecule has 1 amide bonds. The van der Waals surface area contributed by atoms with Crippen LogP contribution in [0.3, 0.4) is 0 Å². The van der Waals surface area contributed by atoms with Gasteiger partial charge in [-0.1, -0.05) is 12.1 Å². The molecule has 0 radical (unpaired) electrons. The Labute approximate surface area is 101 Å². The maximum atomic E-state index is 12.3. The van der Waals surface area contributed by atoms with E-state index in [-0.39, 0.29) is 18.4 Å². The number of ether oxygens (including phenoxy) is 1. The van der Waals surface area contributed by atoms with Crippen molar-refractivity contribution in [3.05, 3.63) is 29.8 Å². The van der Waals surface area contributed by atoms with E-state index in [1.165, 1.54) is 0 Å². The monoisotopic (exact) mass is 235 g/mol. The third-order valence-corrected chi connectivity index (χ3v) is 3.17. The maximum absolute atomic E-state index is 12.3. The van der Waals surface area contributed by atoms with Crippen LogP contribution < -0.4 is 4.74 Å². The van der Waals surface area contributed by atoms with Crippen LogP contribution in [0.2, 0.25) is 0 Å². The van der Waals surface area contributed by atoms with E-state index >= 15 is 0 Å². The molecule has 0 aliphatic carbocycles. The third kappa shape index (κ3) is 2.42. The fourth-order valence-electron chi connectivity index (χ4n) is 2.16. The van der Waals surface area contributed by atoms with E-state index in [0.717, 1.165) is 6.42 Å². The maximum Gasteiger partial charge on any atom is 0.257 e. The highest BCUT2D eigenvalue weighted by molar-refractivity contribution is 5.97. The van der Waals surface area contributed by atoms with Gasteiger partial charge in [0.2, 0.25) is 0 Å². The largest absolute Gasteiger partial charge is 0.496 e. The molecule has 1 aromatic carbocycles. The lowest BCUT2D eigenvalue weighted by Gasteiger charge is -2.17. The van der Waals surface area contributed by atoms with Gasteiger partial charge in [0.15, 0.2) is 0 Å². The van der Waals surface area contributed by atoms with E-state index < -0.39 is 0 Å². The first-order valence-corrected chi connectivity index (χ1v) is 5.79. The summed E-state index contributed by atoms with van der Waals surface area (Å²) < 4.78 is 5.18. The van der Waals surface area contributed by atoms with Gasteiger partial charge in [0.05, 0.1) is 12.7 Å². The van der Waals surface area contributed by atoms with E-state index in [4.69, 9.17) is 9.84 Å². The van der Waals surface area contributed by atoms with Gasteiger partial charge in [-0.3, -0.25) is 4.79 Å². The minimum atomic E-state index is -0.0154. The molecule has 1 N–H and O–H groups in total. The predicted molar refractivity (Wildman–Crippen MR) is 64.1 cm³/mol. The van der Waals surface area contributed by atoms with Crippen LogP contribution in [-0.2, 0) is 0 Å². The van der Waals surface area contributed by atoms with Crippen molar-refractivity contribution >= 4 is 5.91 Å². The lowest BCUT2D eigenvalue weighted by Crippen LogP contribution is -2.29. The molecule has 1 aromatic rings. The van der Waals surface area contributed by atoms with Crippen molar-refractivity contribution in [3.63, 3.8) is 0 Å². The predicted octanol–water partition coefficient (Wildman–Crippen LogP) is 1.15. The number of aliphatic hydroxyl groups excluding tert-OH is 1. The summed E-state index contributed by atoms with van der Waals surface area (Å²) in [6.07, 6.45) is 0.872. The zero-order valence-corrected chi connectivity index (χ0v) is 9.93. The molecule has 1 atom stereocenters. The zero-order valence-electron chi connectivity index (χ0n) is 9.93. The van der Waals surface area contributed by atoms with Crippen LogP contribution in [0.15, 0.2) is 24.3 Å². The van der Waals surface area contributed by atoms with Crippen molar-refractivity contribution in [2.45, 2.75) is 6.42 Å². The number of hydrogen-bond donors (Lipinski definition) is 1. The summed E-state index contributed by atoms with van der Waals surface area (Å²) >= 11 is 0. The molecule has 0 saturated carbocycles. The lowest BCUT2D eigenvalue weighted by molar-refractivity contribution is 0.0778. The summed E-state index contributed by atoms with van der Waals surface area (Å²) in [6, 6.07) is 7.23. The molecule has 1 aliphatic heterocycles. The molecule has 17 heavy (non-hydrogen) atoms. The quantitative estimate of drug-likeness (QED) is 0.855. The number of carbonyl (C=O) groups is 1. The second kappa shape index (κ2) is 5.19. The Morgan fingerprint density at radius 2 is 2.29 bits per heavy atom. The normalized spacial score (nSPS) is 19.4. The van der Waals surface area contributed by atoms with Gasteiger partial charge in [0.25, 0.3) is 5.91 Å². The van der Waals surface area contributed by atoms with Gasteiger partial charge in [-0.15, -0.1) is 0 Å².